The predicted octanol–water partition coefficient (Wildman–Crippen LogP) is 3.25. The van der Waals surface area contributed by atoms with Crippen molar-refractivity contribution in [2.45, 2.75) is 25.8 Å². The largest absolute Gasteiger partial charge is 0.377 e. The van der Waals surface area contributed by atoms with E-state index in [0.717, 1.165) is 24.6 Å². The lowest BCUT2D eigenvalue weighted by Crippen LogP contribution is -2.18. The third kappa shape index (κ3) is 2.90. The van der Waals surface area contributed by atoms with Crippen molar-refractivity contribution in [1.29, 1.82) is 0 Å². The highest BCUT2D eigenvalue weighted by Gasteiger charge is 2.13. The van der Waals surface area contributed by atoms with E-state index in [1.807, 2.05) is 30.7 Å². The van der Waals surface area contributed by atoms with Gasteiger partial charge in [-0.05, 0) is 49.6 Å². The zero-order valence-electron chi connectivity index (χ0n) is 11.8. The molecule has 1 atom stereocenters. The van der Waals surface area contributed by atoms with Gasteiger partial charge in [0, 0.05) is 31.5 Å². The molecule has 0 radical (unpaired) electrons. The predicted molar refractivity (Wildman–Crippen MR) is 82.0 cm³/mol. The van der Waals surface area contributed by atoms with E-state index in [-0.39, 0.29) is 6.04 Å². The van der Waals surface area contributed by atoms with Crippen molar-refractivity contribution < 1.29 is 0 Å². The Kier molecular flexibility index (Phi) is 3.81. The summed E-state index contributed by atoms with van der Waals surface area (Å²) in [5.41, 5.74) is 2.28. The Hall–Kier alpha value is -2.10. The van der Waals surface area contributed by atoms with Gasteiger partial charge in [0.2, 0.25) is 0 Å². The van der Waals surface area contributed by atoms with Crippen LogP contribution in [-0.4, -0.2) is 23.1 Å². The number of nitrogens with zero attached hydrogens (tertiary/aromatic N) is 3. The lowest BCUT2D eigenvalue weighted by Gasteiger charge is -2.18. The van der Waals surface area contributed by atoms with Crippen LogP contribution in [0.15, 0.2) is 42.9 Å². The van der Waals surface area contributed by atoms with Crippen LogP contribution in [0.4, 0.5) is 11.5 Å². The van der Waals surface area contributed by atoms with E-state index in [1.165, 1.54) is 18.4 Å². The molecule has 2 aromatic heterocycles. The monoisotopic (exact) mass is 268 g/mol. The molecular weight excluding hydrogens is 248 g/mol. The zero-order valence-corrected chi connectivity index (χ0v) is 11.8. The van der Waals surface area contributed by atoms with E-state index in [9.17, 15) is 0 Å². The molecule has 0 aromatic carbocycles. The van der Waals surface area contributed by atoms with Crippen LogP contribution in [0.2, 0.25) is 0 Å². The molecule has 4 heteroatoms. The van der Waals surface area contributed by atoms with Gasteiger partial charge in [-0.3, -0.25) is 4.98 Å². The van der Waals surface area contributed by atoms with Crippen molar-refractivity contribution in [1.82, 2.24) is 9.97 Å². The summed E-state index contributed by atoms with van der Waals surface area (Å²) in [6, 6.07) is 8.52. The molecule has 2 aromatic rings. The maximum Gasteiger partial charge on any atom is 0.128 e. The molecule has 3 rings (SSSR count). The number of aromatic nitrogens is 2. The first-order valence-corrected chi connectivity index (χ1v) is 7.20. The van der Waals surface area contributed by atoms with E-state index in [1.54, 1.807) is 0 Å². The van der Waals surface area contributed by atoms with Gasteiger partial charge in [0.05, 0.1) is 11.9 Å². The highest BCUT2D eigenvalue weighted by molar-refractivity contribution is 5.50. The average Bonchev–Trinajstić information content (AvgIpc) is 3.03. The Morgan fingerprint density at radius 2 is 1.85 bits per heavy atom. The first-order valence-electron chi connectivity index (χ1n) is 7.20. The van der Waals surface area contributed by atoms with Crippen LogP contribution >= 0.6 is 0 Å². The van der Waals surface area contributed by atoms with Crippen molar-refractivity contribution in [3.8, 4) is 0 Å². The minimum Gasteiger partial charge on any atom is -0.377 e. The van der Waals surface area contributed by atoms with Gasteiger partial charge in [-0.15, -0.1) is 0 Å². The first-order chi connectivity index (χ1) is 9.83. The number of pyridine rings is 2. The van der Waals surface area contributed by atoms with Crippen LogP contribution in [0.5, 0.6) is 0 Å². The van der Waals surface area contributed by atoms with E-state index in [4.69, 9.17) is 0 Å². The molecule has 20 heavy (non-hydrogen) atoms. The molecule has 1 unspecified atom stereocenters. The van der Waals surface area contributed by atoms with E-state index < -0.39 is 0 Å². The summed E-state index contributed by atoms with van der Waals surface area (Å²) in [5, 5.41) is 3.47. The van der Waals surface area contributed by atoms with Gasteiger partial charge in [0.25, 0.3) is 0 Å². The quantitative estimate of drug-likeness (QED) is 0.924. The second kappa shape index (κ2) is 5.90. The van der Waals surface area contributed by atoms with Gasteiger partial charge in [-0.25, -0.2) is 4.98 Å². The SMILES string of the molecule is CC(Nc1ccc(N2CCCC2)nc1)c1ccncc1. The molecule has 1 fully saturated rings. The molecule has 1 aliphatic rings. The lowest BCUT2D eigenvalue weighted by atomic mass is 10.1. The number of rotatable bonds is 4. The fourth-order valence-corrected chi connectivity index (χ4v) is 2.59. The maximum atomic E-state index is 4.56. The summed E-state index contributed by atoms with van der Waals surface area (Å²) in [4.78, 5) is 10.9. The van der Waals surface area contributed by atoms with Crippen molar-refractivity contribution in [3.63, 3.8) is 0 Å². The molecule has 3 heterocycles. The molecule has 0 amide bonds. The molecule has 4 nitrogen and oxygen atoms in total. The van der Waals surface area contributed by atoms with Gasteiger partial charge in [0.1, 0.15) is 5.82 Å². The second-order valence-electron chi connectivity index (χ2n) is 5.25. The fraction of sp³-hybridized carbons (Fsp3) is 0.375. The number of hydrogen-bond acceptors (Lipinski definition) is 4. The number of anilines is 2. The summed E-state index contributed by atoms with van der Waals surface area (Å²) in [6.45, 7) is 4.41. The number of nitrogens with one attached hydrogen (secondary N) is 1. The van der Waals surface area contributed by atoms with Crippen LogP contribution < -0.4 is 10.2 Å². The smallest absolute Gasteiger partial charge is 0.128 e. The van der Waals surface area contributed by atoms with Crippen LogP contribution in [-0.2, 0) is 0 Å². The van der Waals surface area contributed by atoms with E-state index in [2.05, 4.69) is 39.2 Å². The average molecular weight is 268 g/mol. The maximum absolute atomic E-state index is 4.56. The summed E-state index contributed by atoms with van der Waals surface area (Å²) in [6.07, 6.45) is 8.12. The van der Waals surface area contributed by atoms with Crippen molar-refractivity contribution in [2.75, 3.05) is 23.3 Å². The van der Waals surface area contributed by atoms with Crippen molar-refractivity contribution in [2.24, 2.45) is 0 Å². The van der Waals surface area contributed by atoms with Gasteiger partial charge in [-0.2, -0.15) is 0 Å². The van der Waals surface area contributed by atoms with Crippen LogP contribution in [0, 0.1) is 0 Å². The summed E-state index contributed by atoms with van der Waals surface area (Å²) in [7, 11) is 0. The molecule has 0 saturated carbocycles. The minimum atomic E-state index is 0.248. The Balaban J connectivity index is 1.66. The standard InChI is InChI=1S/C16H20N4/c1-13(14-6-8-17-9-7-14)19-15-4-5-16(18-12-15)20-10-2-3-11-20/h4-9,12-13,19H,2-3,10-11H2,1H3. The molecule has 1 N–H and O–H groups in total. The lowest BCUT2D eigenvalue weighted by molar-refractivity contribution is 0.876. The van der Waals surface area contributed by atoms with Gasteiger partial charge in [-0.1, -0.05) is 0 Å². The van der Waals surface area contributed by atoms with E-state index >= 15 is 0 Å². The Bertz CT molecular complexity index is 532. The van der Waals surface area contributed by atoms with Gasteiger partial charge >= 0.3 is 0 Å². The van der Waals surface area contributed by atoms with Gasteiger partial charge < -0.3 is 10.2 Å². The molecule has 0 spiro atoms. The third-order valence-electron chi connectivity index (χ3n) is 3.77. The van der Waals surface area contributed by atoms with Crippen LogP contribution in [0.3, 0.4) is 0 Å². The second-order valence-corrected chi connectivity index (χ2v) is 5.25. The highest BCUT2D eigenvalue weighted by atomic mass is 15.2. The van der Waals surface area contributed by atoms with Gasteiger partial charge in [0.15, 0.2) is 0 Å². The Morgan fingerprint density at radius 1 is 1.10 bits per heavy atom. The molecule has 0 aliphatic carbocycles. The normalized spacial score (nSPS) is 16.1. The molecular formula is C16H20N4. The number of hydrogen-bond donors (Lipinski definition) is 1. The Labute approximate surface area is 119 Å². The fourth-order valence-electron chi connectivity index (χ4n) is 2.59. The molecule has 1 saturated heterocycles. The molecule has 1 aliphatic heterocycles. The summed E-state index contributed by atoms with van der Waals surface area (Å²) < 4.78 is 0. The highest BCUT2D eigenvalue weighted by Crippen LogP contribution is 2.22. The Morgan fingerprint density at radius 3 is 2.50 bits per heavy atom. The summed E-state index contributed by atoms with van der Waals surface area (Å²) >= 11 is 0. The zero-order chi connectivity index (χ0) is 13.8. The molecule has 0 bridgehead atoms. The third-order valence-corrected chi connectivity index (χ3v) is 3.77. The minimum absolute atomic E-state index is 0.248. The summed E-state index contributed by atoms with van der Waals surface area (Å²) in [5.74, 6) is 1.09. The van der Waals surface area contributed by atoms with Crippen molar-refractivity contribution >= 4 is 11.5 Å². The van der Waals surface area contributed by atoms with Crippen molar-refractivity contribution in [3.05, 3.63) is 48.4 Å². The van der Waals surface area contributed by atoms with Crippen LogP contribution in [0.1, 0.15) is 31.4 Å². The van der Waals surface area contributed by atoms with E-state index in [0.29, 0.717) is 0 Å². The van der Waals surface area contributed by atoms with Crippen LogP contribution in [0.25, 0.3) is 0 Å². The molecule has 104 valence electrons. The first kappa shape index (κ1) is 12.9. The topological polar surface area (TPSA) is 41.0 Å².